The Bertz CT molecular complexity index is 647. The topological polar surface area (TPSA) is 34.0 Å². The van der Waals surface area contributed by atoms with E-state index in [2.05, 4.69) is 39.3 Å². The molecule has 0 saturated carbocycles. The van der Waals surface area contributed by atoms with Crippen molar-refractivity contribution >= 4 is 22.9 Å². The van der Waals surface area contributed by atoms with Crippen LogP contribution in [0, 0.1) is 0 Å². The molecule has 5 heteroatoms. The maximum atomic E-state index is 4.96. The number of thioether (sulfide) groups is 1. The van der Waals surface area contributed by atoms with E-state index in [-0.39, 0.29) is 0 Å². The summed E-state index contributed by atoms with van der Waals surface area (Å²) in [5.74, 6) is 2.53. The van der Waals surface area contributed by atoms with Crippen molar-refractivity contribution in [3.05, 3.63) is 24.2 Å². The highest BCUT2D eigenvalue weighted by atomic mass is 32.2. The molecule has 2 aromatic heterocycles. The number of hydrogen-bond donors (Lipinski definition) is 0. The van der Waals surface area contributed by atoms with Gasteiger partial charge in [0.2, 0.25) is 0 Å². The lowest BCUT2D eigenvalue weighted by Crippen LogP contribution is -2.30. The van der Waals surface area contributed by atoms with Gasteiger partial charge >= 0.3 is 0 Å². The van der Waals surface area contributed by atoms with Crippen molar-refractivity contribution in [3.63, 3.8) is 0 Å². The summed E-state index contributed by atoms with van der Waals surface area (Å²) in [5.41, 5.74) is 2.13. The lowest BCUT2D eigenvalue weighted by atomic mass is 10.1. The fourth-order valence-corrected chi connectivity index (χ4v) is 5.08. The summed E-state index contributed by atoms with van der Waals surface area (Å²) in [6.07, 6.45) is 8.45. The molecule has 2 aliphatic rings. The van der Waals surface area contributed by atoms with Crippen LogP contribution in [0.1, 0.15) is 43.2 Å². The Labute approximate surface area is 136 Å². The molecule has 4 heterocycles. The van der Waals surface area contributed by atoms with Crippen LogP contribution >= 0.6 is 11.8 Å². The first-order chi connectivity index (χ1) is 10.8. The van der Waals surface area contributed by atoms with Crippen LogP contribution in [0.4, 0.5) is 0 Å². The van der Waals surface area contributed by atoms with E-state index < -0.39 is 0 Å². The minimum absolute atomic E-state index is 0.551. The van der Waals surface area contributed by atoms with Gasteiger partial charge in [-0.05, 0) is 57.2 Å². The minimum atomic E-state index is 0.551. The summed E-state index contributed by atoms with van der Waals surface area (Å²) in [6.45, 7) is 2.26. The van der Waals surface area contributed by atoms with Crippen molar-refractivity contribution in [1.82, 2.24) is 19.4 Å². The third kappa shape index (κ3) is 2.65. The molecule has 0 N–H and O–H groups in total. The average molecular weight is 316 g/mol. The fraction of sp³-hybridized carbons (Fsp3) is 0.647. The van der Waals surface area contributed by atoms with E-state index in [4.69, 9.17) is 4.98 Å². The van der Waals surface area contributed by atoms with E-state index in [1.54, 1.807) is 0 Å². The van der Waals surface area contributed by atoms with Crippen LogP contribution in [0.15, 0.2) is 18.3 Å². The number of likely N-dealkylation sites (tertiary alicyclic amines) is 1. The Hall–Kier alpha value is -1.07. The van der Waals surface area contributed by atoms with E-state index in [0.29, 0.717) is 11.3 Å². The van der Waals surface area contributed by atoms with Gasteiger partial charge in [-0.3, -0.25) is 0 Å². The standard InChI is InChI=1S/C17H24N4S/c1-20-10-5-6-13(20)12-21-16-14(7-4-9-18-16)19-17(21)15-8-2-3-11-22-15/h4,7,9,13,15H,2-3,5-6,8,10-12H2,1H3. The largest absolute Gasteiger partial charge is 0.310 e. The molecular weight excluding hydrogens is 292 g/mol. The van der Waals surface area contributed by atoms with Crippen molar-refractivity contribution in [2.75, 3.05) is 19.3 Å². The molecule has 2 aromatic rings. The molecule has 0 radical (unpaired) electrons. The molecule has 0 bridgehead atoms. The Kier molecular flexibility index (Phi) is 4.09. The molecular formula is C17H24N4S. The van der Waals surface area contributed by atoms with E-state index in [0.717, 1.165) is 17.7 Å². The molecule has 2 atom stereocenters. The zero-order valence-corrected chi connectivity index (χ0v) is 14.1. The van der Waals surface area contributed by atoms with Crippen LogP contribution in [-0.4, -0.2) is 44.8 Å². The summed E-state index contributed by atoms with van der Waals surface area (Å²) in [4.78, 5) is 12.1. The first kappa shape index (κ1) is 14.5. The second kappa shape index (κ2) is 6.20. The van der Waals surface area contributed by atoms with Crippen molar-refractivity contribution in [2.24, 2.45) is 0 Å². The summed E-state index contributed by atoms with van der Waals surface area (Å²) < 4.78 is 2.42. The predicted octanol–water partition coefficient (Wildman–Crippen LogP) is 3.48. The summed E-state index contributed by atoms with van der Waals surface area (Å²) in [6, 6.07) is 4.74. The van der Waals surface area contributed by atoms with Gasteiger partial charge in [0.1, 0.15) is 11.3 Å². The molecule has 4 nitrogen and oxygen atoms in total. The van der Waals surface area contributed by atoms with E-state index in [9.17, 15) is 0 Å². The smallest absolute Gasteiger partial charge is 0.160 e. The number of aromatic nitrogens is 3. The van der Waals surface area contributed by atoms with Crippen LogP contribution < -0.4 is 0 Å². The van der Waals surface area contributed by atoms with Crippen LogP contribution in [0.3, 0.4) is 0 Å². The lowest BCUT2D eigenvalue weighted by molar-refractivity contribution is 0.281. The number of rotatable bonds is 3. The maximum absolute atomic E-state index is 4.96. The summed E-state index contributed by atoms with van der Waals surface area (Å²) in [5, 5.41) is 0.551. The second-order valence-electron chi connectivity index (χ2n) is 6.56. The average Bonchev–Trinajstić information content (AvgIpc) is 3.13. The van der Waals surface area contributed by atoms with Gasteiger partial charge in [0.05, 0.1) is 5.25 Å². The highest BCUT2D eigenvalue weighted by Crippen LogP contribution is 2.39. The molecule has 2 saturated heterocycles. The van der Waals surface area contributed by atoms with E-state index >= 15 is 0 Å². The van der Waals surface area contributed by atoms with E-state index in [1.165, 1.54) is 50.2 Å². The van der Waals surface area contributed by atoms with Crippen molar-refractivity contribution in [3.8, 4) is 0 Å². The van der Waals surface area contributed by atoms with Crippen LogP contribution in [-0.2, 0) is 6.54 Å². The number of hydrogen-bond acceptors (Lipinski definition) is 4. The van der Waals surface area contributed by atoms with Gasteiger partial charge in [-0.15, -0.1) is 0 Å². The summed E-state index contributed by atoms with van der Waals surface area (Å²) >= 11 is 2.08. The van der Waals surface area contributed by atoms with Crippen LogP contribution in [0.2, 0.25) is 0 Å². The minimum Gasteiger partial charge on any atom is -0.310 e. The highest BCUT2D eigenvalue weighted by Gasteiger charge is 2.27. The molecule has 2 aliphatic heterocycles. The van der Waals surface area contributed by atoms with Gasteiger partial charge in [0.25, 0.3) is 0 Å². The van der Waals surface area contributed by atoms with Crippen molar-refractivity contribution < 1.29 is 0 Å². The molecule has 4 rings (SSSR count). The Morgan fingerprint density at radius 1 is 1.27 bits per heavy atom. The second-order valence-corrected chi connectivity index (χ2v) is 7.87. The number of nitrogens with zero attached hydrogens (tertiary/aromatic N) is 4. The number of fused-ring (bicyclic) bond motifs is 1. The molecule has 118 valence electrons. The Morgan fingerprint density at radius 3 is 3.00 bits per heavy atom. The number of pyridine rings is 1. The van der Waals surface area contributed by atoms with Gasteiger partial charge in [0.15, 0.2) is 5.65 Å². The Balaban J connectivity index is 1.72. The third-order valence-electron chi connectivity index (χ3n) is 5.07. The molecule has 2 fully saturated rings. The number of likely N-dealkylation sites (N-methyl/N-ethyl adjacent to an activating group) is 1. The normalized spacial score (nSPS) is 26.8. The number of imidazole rings is 1. The molecule has 0 aliphatic carbocycles. The predicted molar refractivity (Wildman–Crippen MR) is 92.2 cm³/mol. The summed E-state index contributed by atoms with van der Waals surface area (Å²) in [7, 11) is 2.25. The van der Waals surface area contributed by atoms with Gasteiger partial charge < -0.3 is 9.47 Å². The van der Waals surface area contributed by atoms with Crippen molar-refractivity contribution in [2.45, 2.75) is 49.9 Å². The highest BCUT2D eigenvalue weighted by molar-refractivity contribution is 7.99. The molecule has 2 unspecified atom stereocenters. The zero-order chi connectivity index (χ0) is 14.9. The molecule has 0 amide bonds. The third-order valence-corrected chi connectivity index (χ3v) is 6.44. The molecule has 22 heavy (non-hydrogen) atoms. The van der Waals surface area contributed by atoms with Crippen molar-refractivity contribution in [1.29, 1.82) is 0 Å². The van der Waals surface area contributed by atoms with Gasteiger partial charge in [0, 0.05) is 18.8 Å². The molecule has 0 spiro atoms. The van der Waals surface area contributed by atoms with Gasteiger partial charge in [-0.1, -0.05) is 6.42 Å². The molecule has 0 aromatic carbocycles. The SMILES string of the molecule is CN1CCCC1Cn1c(C2CCCCS2)nc2cccnc21. The first-order valence-corrected chi connectivity index (χ1v) is 9.51. The van der Waals surface area contributed by atoms with Crippen LogP contribution in [0.25, 0.3) is 11.2 Å². The van der Waals surface area contributed by atoms with Gasteiger partial charge in [-0.2, -0.15) is 11.8 Å². The quantitative estimate of drug-likeness (QED) is 0.868. The fourth-order valence-electron chi connectivity index (χ4n) is 3.77. The zero-order valence-electron chi connectivity index (χ0n) is 13.2. The lowest BCUT2D eigenvalue weighted by Gasteiger charge is -2.25. The van der Waals surface area contributed by atoms with E-state index in [1.807, 2.05) is 12.3 Å². The monoisotopic (exact) mass is 316 g/mol. The maximum Gasteiger partial charge on any atom is 0.160 e. The van der Waals surface area contributed by atoms with Gasteiger partial charge in [-0.25, -0.2) is 9.97 Å². The first-order valence-electron chi connectivity index (χ1n) is 8.46. The van der Waals surface area contributed by atoms with Crippen LogP contribution in [0.5, 0.6) is 0 Å². The Morgan fingerprint density at radius 2 is 2.23 bits per heavy atom.